The number of ether oxygens (including phenoxy) is 2. The number of hydrazine groups is 1. The van der Waals surface area contributed by atoms with E-state index in [9.17, 15) is 0 Å². The van der Waals surface area contributed by atoms with E-state index in [0.717, 1.165) is 0 Å². The average Bonchev–Trinajstić information content (AvgIpc) is 2.07. The van der Waals surface area contributed by atoms with E-state index in [0.29, 0.717) is 26.4 Å². The molecule has 4 heteroatoms. The molecule has 0 aromatic rings. The van der Waals surface area contributed by atoms with Gasteiger partial charge in [0.15, 0.2) is 0 Å². The van der Waals surface area contributed by atoms with Crippen LogP contribution in [0.3, 0.4) is 0 Å². The van der Waals surface area contributed by atoms with Crippen LogP contribution in [0.1, 0.15) is 0 Å². The molecule has 0 bridgehead atoms. The first-order valence-corrected chi connectivity index (χ1v) is 3.66. The molecule has 64 valence electrons. The van der Waals surface area contributed by atoms with Crippen molar-refractivity contribution < 1.29 is 9.47 Å². The fraction of sp³-hybridized carbons (Fsp3) is 0.714. The zero-order valence-electron chi connectivity index (χ0n) is 6.53. The summed E-state index contributed by atoms with van der Waals surface area (Å²) in [5.74, 6) is 5.62. The topological polar surface area (TPSA) is 47.7 Å². The highest BCUT2D eigenvalue weighted by Gasteiger charge is 2.18. The lowest BCUT2D eigenvalue weighted by molar-refractivity contribution is -0.152. The first kappa shape index (κ1) is 8.67. The van der Waals surface area contributed by atoms with Gasteiger partial charge in [0, 0.05) is 6.54 Å². The molecule has 0 saturated carbocycles. The van der Waals surface area contributed by atoms with Crippen molar-refractivity contribution in [3.05, 3.63) is 12.7 Å². The highest BCUT2D eigenvalue weighted by molar-refractivity contribution is 4.72. The Morgan fingerprint density at radius 3 is 3.00 bits per heavy atom. The van der Waals surface area contributed by atoms with E-state index in [2.05, 4.69) is 6.58 Å². The van der Waals surface area contributed by atoms with Gasteiger partial charge in [-0.3, -0.25) is 5.84 Å². The predicted molar refractivity (Wildman–Crippen MR) is 41.6 cm³/mol. The molecule has 0 amide bonds. The fourth-order valence-electron chi connectivity index (χ4n) is 0.933. The third kappa shape index (κ3) is 2.59. The SMILES string of the molecule is C=CCN(N)C1COCCO1. The first-order chi connectivity index (χ1) is 5.34. The fourth-order valence-corrected chi connectivity index (χ4v) is 0.933. The van der Waals surface area contributed by atoms with Gasteiger partial charge in [-0.25, -0.2) is 5.01 Å². The minimum Gasteiger partial charge on any atom is -0.375 e. The molecule has 1 atom stereocenters. The monoisotopic (exact) mass is 158 g/mol. The predicted octanol–water partition coefficient (Wildman–Crippen LogP) is -0.279. The molecule has 1 aliphatic rings. The molecule has 1 rings (SSSR count). The second kappa shape index (κ2) is 4.46. The molecular weight excluding hydrogens is 144 g/mol. The highest BCUT2D eigenvalue weighted by Crippen LogP contribution is 2.02. The summed E-state index contributed by atoms with van der Waals surface area (Å²) >= 11 is 0. The molecule has 1 heterocycles. The maximum Gasteiger partial charge on any atom is 0.146 e. The maximum atomic E-state index is 5.62. The van der Waals surface area contributed by atoms with Crippen molar-refractivity contribution in [1.82, 2.24) is 5.01 Å². The average molecular weight is 158 g/mol. The van der Waals surface area contributed by atoms with Crippen molar-refractivity contribution in [2.45, 2.75) is 6.23 Å². The normalized spacial score (nSPS) is 25.5. The summed E-state index contributed by atoms with van der Waals surface area (Å²) in [7, 11) is 0. The van der Waals surface area contributed by atoms with E-state index >= 15 is 0 Å². The largest absolute Gasteiger partial charge is 0.375 e. The summed E-state index contributed by atoms with van der Waals surface area (Å²) in [5, 5.41) is 1.58. The van der Waals surface area contributed by atoms with Crippen LogP contribution in [0.15, 0.2) is 12.7 Å². The Kier molecular flexibility index (Phi) is 3.51. The zero-order chi connectivity index (χ0) is 8.10. The van der Waals surface area contributed by atoms with E-state index < -0.39 is 0 Å². The van der Waals surface area contributed by atoms with E-state index in [1.54, 1.807) is 11.1 Å². The van der Waals surface area contributed by atoms with Crippen LogP contribution in [0.2, 0.25) is 0 Å². The van der Waals surface area contributed by atoms with Gasteiger partial charge in [0.05, 0.1) is 19.8 Å². The van der Waals surface area contributed by atoms with Gasteiger partial charge in [0.1, 0.15) is 6.23 Å². The van der Waals surface area contributed by atoms with Crippen LogP contribution in [-0.4, -0.2) is 37.6 Å². The van der Waals surface area contributed by atoms with Gasteiger partial charge in [-0.05, 0) is 0 Å². The molecule has 0 radical (unpaired) electrons. The third-order valence-electron chi connectivity index (χ3n) is 1.51. The number of nitrogens with zero attached hydrogens (tertiary/aromatic N) is 1. The molecule has 0 aliphatic carbocycles. The van der Waals surface area contributed by atoms with Gasteiger partial charge in [0.2, 0.25) is 0 Å². The second-order valence-electron chi connectivity index (χ2n) is 2.39. The summed E-state index contributed by atoms with van der Waals surface area (Å²) in [4.78, 5) is 0. The van der Waals surface area contributed by atoms with E-state index in [1.165, 1.54) is 0 Å². The lowest BCUT2D eigenvalue weighted by Gasteiger charge is -2.29. The molecule has 1 unspecified atom stereocenters. The second-order valence-corrected chi connectivity index (χ2v) is 2.39. The standard InChI is InChI=1S/C7H14N2O2/c1-2-3-9(8)7-6-10-4-5-11-7/h2,7H,1,3-6,8H2. The summed E-state index contributed by atoms with van der Waals surface area (Å²) in [6.45, 7) is 6.03. The van der Waals surface area contributed by atoms with Crippen molar-refractivity contribution in [3.8, 4) is 0 Å². The van der Waals surface area contributed by atoms with Gasteiger partial charge >= 0.3 is 0 Å². The van der Waals surface area contributed by atoms with Gasteiger partial charge in [-0.2, -0.15) is 0 Å². The number of rotatable bonds is 3. The molecule has 11 heavy (non-hydrogen) atoms. The Balaban J connectivity index is 2.26. The Morgan fingerprint density at radius 2 is 2.45 bits per heavy atom. The molecule has 0 aromatic carbocycles. The van der Waals surface area contributed by atoms with Crippen molar-refractivity contribution in [2.24, 2.45) is 5.84 Å². The number of hydrogen-bond donors (Lipinski definition) is 1. The number of hydrogen-bond acceptors (Lipinski definition) is 4. The molecule has 0 spiro atoms. The lowest BCUT2D eigenvalue weighted by Crippen LogP contribution is -2.48. The maximum absolute atomic E-state index is 5.62. The first-order valence-electron chi connectivity index (χ1n) is 3.66. The van der Waals surface area contributed by atoms with E-state index in [-0.39, 0.29) is 6.23 Å². The van der Waals surface area contributed by atoms with Crippen molar-refractivity contribution in [3.63, 3.8) is 0 Å². The van der Waals surface area contributed by atoms with Crippen molar-refractivity contribution in [2.75, 3.05) is 26.4 Å². The lowest BCUT2D eigenvalue weighted by atomic mass is 10.5. The number of nitrogens with two attached hydrogens (primary N) is 1. The Labute approximate surface area is 66.5 Å². The van der Waals surface area contributed by atoms with Crippen LogP contribution in [-0.2, 0) is 9.47 Å². The minimum atomic E-state index is -0.109. The minimum absolute atomic E-state index is 0.109. The smallest absolute Gasteiger partial charge is 0.146 e. The Hall–Kier alpha value is -0.420. The third-order valence-corrected chi connectivity index (χ3v) is 1.51. The highest BCUT2D eigenvalue weighted by atomic mass is 16.6. The summed E-state index contributed by atoms with van der Waals surface area (Å²) in [6, 6.07) is 0. The summed E-state index contributed by atoms with van der Waals surface area (Å²) < 4.78 is 10.5. The van der Waals surface area contributed by atoms with Crippen LogP contribution < -0.4 is 5.84 Å². The molecule has 1 aliphatic heterocycles. The van der Waals surface area contributed by atoms with E-state index in [4.69, 9.17) is 15.3 Å². The molecule has 1 saturated heterocycles. The van der Waals surface area contributed by atoms with Gasteiger partial charge < -0.3 is 9.47 Å². The van der Waals surface area contributed by atoms with Crippen molar-refractivity contribution in [1.29, 1.82) is 0 Å². The van der Waals surface area contributed by atoms with Gasteiger partial charge in [-0.15, -0.1) is 6.58 Å². The molecule has 4 nitrogen and oxygen atoms in total. The molecule has 1 fully saturated rings. The van der Waals surface area contributed by atoms with Gasteiger partial charge in [0.25, 0.3) is 0 Å². The summed E-state index contributed by atoms with van der Waals surface area (Å²) in [6.07, 6.45) is 1.62. The van der Waals surface area contributed by atoms with Crippen LogP contribution in [0.4, 0.5) is 0 Å². The zero-order valence-corrected chi connectivity index (χ0v) is 6.53. The Morgan fingerprint density at radius 1 is 1.64 bits per heavy atom. The molecular formula is C7H14N2O2. The molecule has 2 N–H and O–H groups in total. The van der Waals surface area contributed by atoms with Crippen LogP contribution in [0.5, 0.6) is 0 Å². The van der Waals surface area contributed by atoms with E-state index in [1.807, 2.05) is 0 Å². The van der Waals surface area contributed by atoms with Crippen LogP contribution >= 0.6 is 0 Å². The molecule has 0 aromatic heterocycles. The van der Waals surface area contributed by atoms with Gasteiger partial charge in [-0.1, -0.05) is 6.08 Å². The van der Waals surface area contributed by atoms with Crippen LogP contribution in [0, 0.1) is 0 Å². The quantitative estimate of drug-likeness (QED) is 0.348. The summed E-state index contributed by atoms with van der Waals surface area (Å²) in [5.41, 5.74) is 0. The van der Waals surface area contributed by atoms with Crippen molar-refractivity contribution >= 4 is 0 Å². The Bertz CT molecular complexity index is 124. The van der Waals surface area contributed by atoms with Crippen LogP contribution in [0.25, 0.3) is 0 Å².